The SMILES string of the molecule is CCC1=C(C)c2cc3nc(cc4[nH]c(c5c6[nH]c(cc1n2)c(C)c6C(=O)N(CCN1CCOCC1)C5=O)[C@@H](CCC(=O)OCCOCCNC(=O)OC(C)(C)C)[C@@H]4C)C(C)=C3/C=C/C(=O)OCCOCCOCCO. The van der Waals surface area contributed by atoms with Gasteiger partial charge in [-0.2, -0.15) is 0 Å². The number of aliphatic hydroxyl groups is 1. The molecule has 0 aromatic carbocycles. The number of carbonyl (C=O) groups excluding carboxylic acids is 5. The number of ether oxygens (including phenoxy) is 7. The number of carbonyl (C=O) groups is 5. The number of fused-ring (bicyclic) bond motifs is 8. The number of aliphatic hydroxyl groups excluding tert-OH is 1. The third-order valence-electron chi connectivity index (χ3n) is 13.6. The zero-order chi connectivity index (χ0) is 53.8. The molecule has 2 atom stereocenters. The number of hydrogen-bond acceptors (Lipinski definition) is 16. The topological polar surface area (TPSA) is 246 Å². The number of hydrogen-bond donors (Lipinski definition) is 4. The second-order valence-corrected chi connectivity index (χ2v) is 19.8. The van der Waals surface area contributed by atoms with E-state index in [1.54, 1.807) is 26.8 Å². The summed E-state index contributed by atoms with van der Waals surface area (Å²) in [6.07, 6.45) is 3.46. The molecule has 75 heavy (non-hydrogen) atoms. The van der Waals surface area contributed by atoms with Gasteiger partial charge in [-0.3, -0.25) is 24.2 Å². The zero-order valence-corrected chi connectivity index (χ0v) is 44.6. The summed E-state index contributed by atoms with van der Waals surface area (Å²) in [6, 6.07) is 5.79. The fourth-order valence-corrected chi connectivity index (χ4v) is 9.64. The van der Waals surface area contributed by atoms with Crippen LogP contribution in [0.25, 0.3) is 33.3 Å². The van der Waals surface area contributed by atoms with Gasteiger partial charge in [0.2, 0.25) is 0 Å². The molecule has 0 spiro atoms. The molecular formula is C55H73N7O13. The van der Waals surface area contributed by atoms with Gasteiger partial charge in [-0.25, -0.2) is 19.6 Å². The van der Waals surface area contributed by atoms with E-state index in [0.29, 0.717) is 114 Å². The van der Waals surface area contributed by atoms with Crippen LogP contribution in [0.1, 0.15) is 140 Å². The number of aromatic nitrogens is 4. The molecule has 20 nitrogen and oxygen atoms in total. The van der Waals surface area contributed by atoms with Crippen molar-refractivity contribution in [2.24, 2.45) is 0 Å². The van der Waals surface area contributed by atoms with Crippen molar-refractivity contribution in [2.75, 3.05) is 105 Å². The lowest BCUT2D eigenvalue weighted by molar-refractivity contribution is -0.145. The molecule has 7 rings (SSSR count). The number of amides is 3. The smallest absolute Gasteiger partial charge is 0.407 e. The fraction of sp³-hybridized carbons (Fsp3) is 0.545. The van der Waals surface area contributed by atoms with Gasteiger partial charge in [-0.15, -0.1) is 0 Å². The summed E-state index contributed by atoms with van der Waals surface area (Å²) in [5.41, 5.74) is 9.11. The summed E-state index contributed by atoms with van der Waals surface area (Å²) in [5, 5.41) is 11.5. The molecule has 2 aromatic heterocycles. The highest BCUT2D eigenvalue weighted by Crippen LogP contribution is 2.45. The van der Waals surface area contributed by atoms with Crippen molar-refractivity contribution in [3.63, 3.8) is 0 Å². The van der Waals surface area contributed by atoms with Gasteiger partial charge in [0.05, 0.1) is 98.9 Å². The summed E-state index contributed by atoms with van der Waals surface area (Å²) < 4.78 is 38.1. The molecule has 20 heteroatoms. The predicted octanol–water partition coefficient (Wildman–Crippen LogP) is 6.42. The molecule has 406 valence electrons. The summed E-state index contributed by atoms with van der Waals surface area (Å²) in [7, 11) is 0. The van der Waals surface area contributed by atoms with E-state index in [0.717, 1.165) is 22.4 Å². The van der Waals surface area contributed by atoms with Crippen molar-refractivity contribution in [2.45, 2.75) is 92.1 Å². The van der Waals surface area contributed by atoms with Crippen molar-refractivity contribution in [3.8, 4) is 0 Å². The molecule has 3 amide bonds. The summed E-state index contributed by atoms with van der Waals surface area (Å²) in [4.78, 5) is 89.4. The maximum Gasteiger partial charge on any atom is 0.407 e. The summed E-state index contributed by atoms with van der Waals surface area (Å²) in [6.45, 7) is 19.9. The van der Waals surface area contributed by atoms with Gasteiger partial charge in [0.1, 0.15) is 18.8 Å². The van der Waals surface area contributed by atoms with Gasteiger partial charge in [0.25, 0.3) is 11.8 Å². The first-order valence-electron chi connectivity index (χ1n) is 26.0. The number of aryl methyl sites for hydroxylation is 1. The minimum Gasteiger partial charge on any atom is -0.463 e. The van der Waals surface area contributed by atoms with Crippen LogP contribution >= 0.6 is 0 Å². The highest BCUT2D eigenvalue weighted by molar-refractivity contribution is 6.23. The van der Waals surface area contributed by atoms with Crippen molar-refractivity contribution >= 4 is 63.2 Å². The first-order chi connectivity index (χ1) is 36.0. The van der Waals surface area contributed by atoms with Crippen LogP contribution in [0.15, 0.2) is 30.4 Å². The van der Waals surface area contributed by atoms with Crippen LogP contribution in [0.5, 0.6) is 0 Å². The van der Waals surface area contributed by atoms with E-state index in [-0.39, 0.29) is 84.0 Å². The zero-order valence-electron chi connectivity index (χ0n) is 44.6. The molecule has 5 aliphatic heterocycles. The second kappa shape index (κ2) is 26.0. The lowest BCUT2D eigenvalue weighted by atomic mass is 9.84. The lowest BCUT2D eigenvalue weighted by Crippen LogP contribution is -2.47. The summed E-state index contributed by atoms with van der Waals surface area (Å²) in [5.74, 6) is -2.57. The van der Waals surface area contributed by atoms with E-state index >= 15 is 4.79 Å². The van der Waals surface area contributed by atoms with Gasteiger partial charge in [-0.05, 0) is 101 Å². The molecule has 4 N–H and O–H groups in total. The Morgan fingerprint density at radius 1 is 0.827 bits per heavy atom. The van der Waals surface area contributed by atoms with Crippen LogP contribution in [0.4, 0.5) is 4.79 Å². The Bertz CT molecular complexity index is 2760. The van der Waals surface area contributed by atoms with Crippen molar-refractivity contribution in [3.05, 3.63) is 81.2 Å². The highest BCUT2D eigenvalue weighted by atomic mass is 16.6. The monoisotopic (exact) mass is 1040 g/mol. The number of morpholine rings is 1. The number of alkyl carbamates (subject to hydrolysis) is 1. The second-order valence-electron chi connectivity index (χ2n) is 19.8. The van der Waals surface area contributed by atoms with Gasteiger partial charge in [0, 0.05) is 79.5 Å². The Morgan fingerprint density at radius 3 is 2.21 bits per heavy atom. The molecular weight excluding hydrogens is 967 g/mol. The number of nitrogens with zero attached hydrogens (tertiary/aromatic N) is 4. The van der Waals surface area contributed by atoms with Gasteiger partial charge >= 0.3 is 18.0 Å². The Morgan fingerprint density at radius 2 is 1.49 bits per heavy atom. The van der Waals surface area contributed by atoms with Crippen molar-refractivity contribution in [1.29, 1.82) is 0 Å². The summed E-state index contributed by atoms with van der Waals surface area (Å²) >= 11 is 0. The normalized spacial score (nSPS) is 17.5. The van der Waals surface area contributed by atoms with E-state index < -0.39 is 35.5 Å². The molecule has 1 fully saturated rings. The first-order valence-corrected chi connectivity index (χ1v) is 26.0. The molecule has 0 unspecified atom stereocenters. The number of esters is 2. The molecule has 0 aliphatic carbocycles. The number of nitrogens with one attached hydrogen (secondary N) is 3. The molecule has 7 heterocycles. The first kappa shape index (κ1) is 56.4. The molecule has 5 aliphatic rings. The Hall–Kier alpha value is -6.29. The number of imide groups is 1. The van der Waals surface area contributed by atoms with E-state index in [9.17, 15) is 19.2 Å². The Labute approximate surface area is 437 Å². The van der Waals surface area contributed by atoms with Gasteiger partial charge in [0.15, 0.2) is 0 Å². The maximum atomic E-state index is 15.2. The number of allylic oxidation sites excluding steroid dienone is 5. The van der Waals surface area contributed by atoms with E-state index in [4.69, 9.17) is 48.2 Å². The van der Waals surface area contributed by atoms with Crippen LogP contribution < -0.4 is 5.32 Å². The van der Waals surface area contributed by atoms with Crippen LogP contribution in [0.3, 0.4) is 0 Å². The quantitative estimate of drug-likeness (QED) is 0.0308. The minimum atomic E-state index is -0.625. The van der Waals surface area contributed by atoms with Crippen molar-refractivity contribution < 1.29 is 62.2 Å². The van der Waals surface area contributed by atoms with Crippen LogP contribution in [-0.2, 0) is 42.7 Å². The standard InChI is InChI=1S/C55H73N7O13/c1-9-37-33(2)41-31-45-38(10-12-46(64)74-29-27-72-25-24-71-23-19-63)34(3)40(58-45)30-42-35(4)39(11-13-47(65)73-28-26-69-20-14-56-54(68)75-55(6,7)8)50(59-42)49-51-48(36(5)43(60-51)32-44(37)57-41)52(66)62(53(49)67)16-15-61-17-21-70-22-18-61/h10,12,30-32,35,39,59-60,63H,9,11,13-29H2,1-8H3,(H,56,68)/b12-10+,42-30?,44-32?,45-31?,50-49?/t35-,39-/m0/s1. The third kappa shape index (κ3) is 14.2. The Balaban J connectivity index is 1.25. The largest absolute Gasteiger partial charge is 0.463 e. The maximum absolute atomic E-state index is 15.2. The molecule has 2 aromatic rings. The predicted molar refractivity (Wildman–Crippen MR) is 280 cm³/mol. The van der Waals surface area contributed by atoms with E-state index in [1.165, 1.54) is 11.0 Å². The average molecular weight is 1040 g/mol. The lowest BCUT2D eigenvalue weighted by Gasteiger charge is -2.31. The van der Waals surface area contributed by atoms with Crippen LogP contribution in [0, 0.1) is 6.92 Å². The fourth-order valence-electron chi connectivity index (χ4n) is 9.64. The minimum absolute atomic E-state index is 0.00238. The molecule has 0 saturated carbocycles. The number of rotatable bonds is 23. The number of H-pyrrole nitrogens is 2. The third-order valence-corrected chi connectivity index (χ3v) is 13.6. The number of aromatic amines is 2. The van der Waals surface area contributed by atoms with Crippen LogP contribution in [0.2, 0.25) is 0 Å². The van der Waals surface area contributed by atoms with Crippen LogP contribution in [-0.4, -0.2) is 176 Å². The van der Waals surface area contributed by atoms with Gasteiger partial charge < -0.3 is 53.5 Å². The molecule has 8 bridgehead atoms. The molecule has 1 saturated heterocycles. The average Bonchev–Trinajstić information content (AvgIpc) is 4.07. The highest BCUT2D eigenvalue weighted by Gasteiger charge is 2.41. The molecule has 0 radical (unpaired) electrons. The van der Waals surface area contributed by atoms with E-state index in [2.05, 4.69) is 27.1 Å². The van der Waals surface area contributed by atoms with Crippen molar-refractivity contribution in [1.82, 2.24) is 35.1 Å². The Kier molecular flexibility index (Phi) is 19.5. The van der Waals surface area contributed by atoms with E-state index in [1.807, 2.05) is 45.9 Å². The van der Waals surface area contributed by atoms with Gasteiger partial charge in [-0.1, -0.05) is 13.8 Å².